The maximum absolute atomic E-state index is 12.6. The first-order valence-corrected chi connectivity index (χ1v) is 12.6. The van der Waals surface area contributed by atoms with E-state index in [1.807, 2.05) is 63.4 Å². The molecule has 192 valence electrons. The van der Waals surface area contributed by atoms with Crippen molar-refractivity contribution < 1.29 is 20.9 Å². The molecule has 2 aliphatic rings. The SMILES string of the molecule is CC.CNC(=O)C1(c2ccc(-c3ccc([C@H](C)N4CC[C@@H](CC(C)(C)O)OC4=O)cc3)cn2)CC1.[HH]. The highest BCUT2D eigenvalue weighted by Crippen LogP contribution is 2.47. The predicted octanol–water partition coefficient (Wildman–Crippen LogP) is 5.23. The number of pyridine rings is 1. The third kappa shape index (κ3) is 6.01. The summed E-state index contributed by atoms with van der Waals surface area (Å²) in [6.07, 6.45) is 4.04. The summed E-state index contributed by atoms with van der Waals surface area (Å²) in [6, 6.07) is 11.9. The van der Waals surface area contributed by atoms with Crippen LogP contribution in [0.1, 0.15) is 79.0 Å². The lowest BCUT2D eigenvalue weighted by Gasteiger charge is -2.37. The lowest BCUT2D eigenvalue weighted by molar-refractivity contribution is -0.123. The van der Waals surface area contributed by atoms with E-state index in [1.165, 1.54) is 0 Å². The summed E-state index contributed by atoms with van der Waals surface area (Å²) in [7, 11) is 1.66. The zero-order valence-corrected chi connectivity index (χ0v) is 21.8. The smallest absolute Gasteiger partial charge is 0.410 e. The number of ether oxygens (including phenoxy) is 1. The van der Waals surface area contributed by atoms with Gasteiger partial charge in [0.1, 0.15) is 6.10 Å². The Bertz CT molecular complexity index is 1010. The Hall–Kier alpha value is -2.93. The van der Waals surface area contributed by atoms with Gasteiger partial charge in [-0.15, -0.1) is 0 Å². The minimum absolute atomic E-state index is 0. The molecule has 1 aromatic carbocycles. The van der Waals surface area contributed by atoms with Crippen molar-refractivity contribution in [2.24, 2.45) is 0 Å². The van der Waals surface area contributed by atoms with Gasteiger partial charge in [0.15, 0.2) is 0 Å². The number of nitrogens with zero attached hydrogens (tertiary/aromatic N) is 2. The molecule has 1 aliphatic heterocycles. The van der Waals surface area contributed by atoms with Crippen LogP contribution in [-0.4, -0.2) is 52.3 Å². The molecule has 2 fully saturated rings. The van der Waals surface area contributed by atoms with Crippen molar-refractivity contribution in [1.82, 2.24) is 15.2 Å². The Morgan fingerprint density at radius 1 is 1.23 bits per heavy atom. The molecule has 0 unspecified atom stereocenters. The predicted molar refractivity (Wildman–Crippen MR) is 139 cm³/mol. The minimum Gasteiger partial charge on any atom is -0.446 e. The zero-order valence-electron chi connectivity index (χ0n) is 21.8. The van der Waals surface area contributed by atoms with Gasteiger partial charge in [-0.2, -0.15) is 0 Å². The fourth-order valence-corrected chi connectivity index (χ4v) is 4.64. The molecule has 4 rings (SSSR count). The molecule has 35 heavy (non-hydrogen) atoms. The summed E-state index contributed by atoms with van der Waals surface area (Å²) in [4.78, 5) is 31.1. The highest BCUT2D eigenvalue weighted by Gasteiger charge is 2.52. The van der Waals surface area contributed by atoms with Crippen LogP contribution in [-0.2, 0) is 14.9 Å². The maximum atomic E-state index is 12.6. The lowest BCUT2D eigenvalue weighted by atomic mass is 9.97. The zero-order chi connectivity index (χ0) is 25.8. The van der Waals surface area contributed by atoms with E-state index in [9.17, 15) is 14.7 Å². The molecule has 1 saturated heterocycles. The first kappa shape index (κ1) is 26.7. The van der Waals surface area contributed by atoms with Crippen LogP contribution < -0.4 is 5.32 Å². The first-order valence-electron chi connectivity index (χ1n) is 12.6. The molecule has 7 nitrogen and oxygen atoms in total. The number of rotatable bonds is 7. The summed E-state index contributed by atoms with van der Waals surface area (Å²) >= 11 is 0. The number of nitrogens with one attached hydrogen (secondary N) is 1. The number of benzene rings is 1. The quantitative estimate of drug-likeness (QED) is 0.563. The second kappa shape index (κ2) is 10.8. The van der Waals surface area contributed by atoms with Crippen LogP contribution in [0.2, 0.25) is 0 Å². The number of likely N-dealkylation sites (N-methyl/N-ethyl adjacent to an activating group) is 1. The Kier molecular flexibility index (Phi) is 8.21. The van der Waals surface area contributed by atoms with E-state index < -0.39 is 11.0 Å². The van der Waals surface area contributed by atoms with Crippen molar-refractivity contribution in [3.63, 3.8) is 0 Å². The van der Waals surface area contributed by atoms with Crippen LogP contribution >= 0.6 is 0 Å². The van der Waals surface area contributed by atoms with Gasteiger partial charge in [0.2, 0.25) is 5.91 Å². The van der Waals surface area contributed by atoms with Crippen molar-refractivity contribution in [2.75, 3.05) is 13.6 Å². The number of cyclic esters (lactones) is 1. The summed E-state index contributed by atoms with van der Waals surface area (Å²) in [5.74, 6) is 0.0312. The highest BCUT2D eigenvalue weighted by atomic mass is 16.6. The number of hydrogen-bond donors (Lipinski definition) is 2. The van der Waals surface area contributed by atoms with Gasteiger partial charge in [0.05, 0.1) is 22.8 Å². The Morgan fingerprint density at radius 3 is 2.34 bits per heavy atom. The second-order valence-electron chi connectivity index (χ2n) is 9.90. The third-order valence-electron chi connectivity index (χ3n) is 6.78. The topological polar surface area (TPSA) is 91.8 Å². The van der Waals surface area contributed by atoms with Crippen molar-refractivity contribution in [2.45, 2.75) is 83.5 Å². The van der Waals surface area contributed by atoms with E-state index in [-0.39, 0.29) is 25.6 Å². The molecule has 7 heteroatoms. The van der Waals surface area contributed by atoms with Gasteiger partial charge >= 0.3 is 6.09 Å². The molecule has 0 bridgehead atoms. The summed E-state index contributed by atoms with van der Waals surface area (Å²) in [6.45, 7) is 10.1. The van der Waals surface area contributed by atoms with E-state index in [0.29, 0.717) is 19.4 Å². The summed E-state index contributed by atoms with van der Waals surface area (Å²) in [5, 5.41) is 12.7. The third-order valence-corrected chi connectivity index (χ3v) is 6.78. The fourth-order valence-electron chi connectivity index (χ4n) is 4.64. The lowest BCUT2D eigenvalue weighted by Crippen LogP contribution is -2.45. The molecule has 2 atom stereocenters. The van der Waals surface area contributed by atoms with Crippen LogP contribution in [0.25, 0.3) is 11.1 Å². The fraction of sp³-hybridized carbons (Fsp3) is 0.536. The highest BCUT2D eigenvalue weighted by molar-refractivity contribution is 5.90. The van der Waals surface area contributed by atoms with Gasteiger partial charge in [-0.1, -0.05) is 44.2 Å². The van der Waals surface area contributed by atoms with Crippen LogP contribution in [0.4, 0.5) is 4.79 Å². The molecule has 1 saturated carbocycles. The van der Waals surface area contributed by atoms with Gasteiger partial charge in [0, 0.05) is 39.6 Å². The largest absolute Gasteiger partial charge is 0.446 e. The number of carbonyl (C=O) groups excluding carboxylic acids is 2. The van der Waals surface area contributed by atoms with Crippen molar-refractivity contribution in [1.29, 1.82) is 0 Å². The van der Waals surface area contributed by atoms with E-state index in [1.54, 1.807) is 25.8 Å². The molecule has 1 aliphatic carbocycles. The molecular formula is C28H41N3O4. The Balaban J connectivity index is 0.00000148. The normalized spacial score (nSPS) is 19.7. The van der Waals surface area contributed by atoms with Gasteiger partial charge in [-0.05, 0) is 50.8 Å². The average Bonchev–Trinajstić information content (AvgIpc) is 3.66. The monoisotopic (exact) mass is 483 g/mol. The minimum atomic E-state index is -0.858. The van der Waals surface area contributed by atoms with Crippen LogP contribution in [0.15, 0.2) is 42.6 Å². The Labute approximate surface area is 210 Å². The standard InChI is InChI=1S/C26H33N3O4.C2H6.H2/c1-17(29-14-11-21(33-24(29)31)15-25(2,3)32)18-5-7-19(8-6-18)20-9-10-22(28-16-20)26(12-13-26)23(30)27-4;1-2;/h5-10,16-17,21,32H,11-15H2,1-4H3,(H,27,30);1-2H3;1H/t17-,21-;;/m0../s1. The van der Waals surface area contributed by atoms with E-state index >= 15 is 0 Å². The van der Waals surface area contributed by atoms with Crippen LogP contribution in [0.3, 0.4) is 0 Å². The van der Waals surface area contributed by atoms with E-state index in [2.05, 4.69) is 10.3 Å². The maximum Gasteiger partial charge on any atom is 0.410 e. The molecular weight excluding hydrogens is 442 g/mol. The van der Waals surface area contributed by atoms with Gasteiger partial charge in [-0.25, -0.2) is 4.79 Å². The number of aromatic nitrogens is 1. The summed E-state index contributed by atoms with van der Waals surface area (Å²) < 4.78 is 5.57. The second-order valence-corrected chi connectivity index (χ2v) is 9.90. The first-order chi connectivity index (χ1) is 16.6. The molecule has 2 amide bonds. The number of amides is 2. The van der Waals surface area contributed by atoms with E-state index in [4.69, 9.17) is 4.74 Å². The van der Waals surface area contributed by atoms with Crippen LogP contribution in [0, 0.1) is 0 Å². The number of carbonyl (C=O) groups is 2. The number of hydrogen-bond acceptors (Lipinski definition) is 5. The van der Waals surface area contributed by atoms with Crippen LogP contribution in [0.5, 0.6) is 0 Å². The molecule has 1 aromatic heterocycles. The van der Waals surface area contributed by atoms with Crippen molar-refractivity contribution in [3.05, 3.63) is 53.9 Å². The molecule has 0 spiro atoms. The molecule has 2 aromatic rings. The summed E-state index contributed by atoms with van der Waals surface area (Å²) in [5.41, 5.74) is 2.55. The van der Waals surface area contributed by atoms with Crippen molar-refractivity contribution in [3.8, 4) is 11.1 Å². The van der Waals surface area contributed by atoms with Crippen molar-refractivity contribution >= 4 is 12.0 Å². The molecule has 2 N–H and O–H groups in total. The number of aliphatic hydroxyl groups is 1. The Morgan fingerprint density at radius 2 is 1.86 bits per heavy atom. The van der Waals surface area contributed by atoms with Gasteiger partial charge in [0.25, 0.3) is 0 Å². The average molecular weight is 484 g/mol. The van der Waals surface area contributed by atoms with Gasteiger partial charge < -0.3 is 20.1 Å². The molecule has 2 heterocycles. The molecule has 0 radical (unpaired) electrons. The van der Waals surface area contributed by atoms with Gasteiger partial charge in [-0.3, -0.25) is 9.78 Å². The van der Waals surface area contributed by atoms with E-state index in [0.717, 1.165) is 35.2 Å².